The molecule has 0 spiro atoms. The normalized spacial score (nSPS) is 12.5. The molecule has 1 unspecified atom stereocenters. The van der Waals surface area contributed by atoms with Crippen molar-refractivity contribution in [1.29, 1.82) is 0 Å². The van der Waals surface area contributed by atoms with Gasteiger partial charge in [0.1, 0.15) is 0 Å². The first-order valence-electron chi connectivity index (χ1n) is 14.4. The standard InChI is InChI=1S/C30H60/c1-4-7-9-11-13-15-16-17-18-19-20-21-23-25-27-29-30(6-3)28-26-24-22-14-12-10-8-5-2/h30H,1-2,4-29H2,3H3. The molecule has 0 amide bonds. The van der Waals surface area contributed by atoms with E-state index in [2.05, 4.69) is 20.8 Å². The molecule has 0 N–H and O–H groups in total. The molecular weight excluding hydrogens is 360 g/mol. The maximum atomic E-state index is 3.93. The predicted molar refractivity (Wildman–Crippen MR) is 140 cm³/mol. The van der Waals surface area contributed by atoms with Gasteiger partial charge >= 0.3 is 0 Å². The minimum Gasteiger partial charge on any atom is -0.0651 e. The van der Waals surface area contributed by atoms with Crippen LogP contribution in [0.4, 0.5) is 0 Å². The molecule has 0 aromatic rings. The number of hydrogen-bond donors (Lipinski definition) is 0. The van der Waals surface area contributed by atoms with Crippen molar-refractivity contribution >= 4 is 0 Å². The van der Waals surface area contributed by atoms with Crippen molar-refractivity contribution < 1.29 is 0 Å². The van der Waals surface area contributed by atoms with Crippen LogP contribution < -0.4 is 0 Å². The average Bonchev–Trinajstić information content (AvgIpc) is 2.76. The highest BCUT2D eigenvalue weighted by atomic mass is 14.1. The lowest BCUT2D eigenvalue weighted by Gasteiger charge is -2.14. The second kappa shape index (κ2) is 27.0. The fourth-order valence-electron chi connectivity index (χ4n) is 4.78. The molecule has 0 rings (SSSR count). The molecule has 0 fully saturated rings. The summed E-state index contributed by atoms with van der Waals surface area (Å²) < 4.78 is 0. The number of rotatable bonds is 26. The molecular formula is C30H60. The molecule has 0 saturated heterocycles. The van der Waals surface area contributed by atoms with Gasteiger partial charge in [-0.15, -0.1) is 0 Å². The summed E-state index contributed by atoms with van der Waals surface area (Å²) in [5, 5.41) is 0. The highest BCUT2D eigenvalue weighted by Gasteiger charge is 2.06. The Morgan fingerprint density at radius 1 is 0.367 bits per heavy atom. The van der Waals surface area contributed by atoms with E-state index in [0.29, 0.717) is 0 Å². The van der Waals surface area contributed by atoms with Crippen LogP contribution in [0.5, 0.6) is 0 Å². The zero-order valence-corrected chi connectivity index (χ0v) is 21.4. The molecule has 0 aromatic heterocycles. The van der Waals surface area contributed by atoms with Gasteiger partial charge in [-0.1, -0.05) is 188 Å². The molecule has 30 heavy (non-hydrogen) atoms. The Morgan fingerprint density at radius 3 is 0.833 bits per heavy atom. The number of hydrogen-bond acceptors (Lipinski definition) is 0. The monoisotopic (exact) mass is 420 g/mol. The molecule has 0 aliphatic heterocycles. The van der Waals surface area contributed by atoms with Crippen LogP contribution in [0, 0.1) is 19.8 Å². The van der Waals surface area contributed by atoms with Crippen LogP contribution in [-0.2, 0) is 0 Å². The van der Waals surface area contributed by atoms with Gasteiger partial charge < -0.3 is 0 Å². The van der Waals surface area contributed by atoms with Gasteiger partial charge in [-0.2, -0.15) is 0 Å². The van der Waals surface area contributed by atoms with Crippen molar-refractivity contribution in [3.63, 3.8) is 0 Å². The van der Waals surface area contributed by atoms with Gasteiger partial charge in [0.15, 0.2) is 0 Å². The molecule has 0 nitrogen and oxygen atoms in total. The molecule has 0 aliphatic rings. The second-order valence-electron chi connectivity index (χ2n) is 9.98. The van der Waals surface area contributed by atoms with Crippen molar-refractivity contribution in [2.45, 2.75) is 174 Å². The van der Waals surface area contributed by atoms with E-state index in [4.69, 9.17) is 0 Å². The third kappa shape index (κ3) is 24.3. The molecule has 1 atom stereocenters. The van der Waals surface area contributed by atoms with E-state index in [1.807, 2.05) is 0 Å². The lowest BCUT2D eigenvalue weighted by molar-refractivity contribution is 0.392. The Bertz CT molecular complexity index is 282. The van der Waals surface area contributed by atoms with Crippen molar-refractivity contribution in [1.82, 2.24) is 0 Å². The lowest BCUT2D eigenvalue weighted by atomic mass is 9.92. The quantitative estimate of drug-likeness (QED) is 0.122. The van der Waals surface area contributed by atoms with Gasteiger partial charge in [-0.25, -0.2) is 0 Å². The van der Waals surface area contributed by atoms with Gasteiger partial charge in [0, 0.05) is 0 Å². The zero-order valence-electron chi connectivity index (χ0n) is 21.4. The summed E-state index contributed by atoms with van der Waals surface area (Å²) in [4.78, 5) is 0. The molecule has 0 heteroatoms. The topological polar surface area (TPSA) is 0 Å². The van der Waals surface area contributed by atoms with Crippen molar-refractivity contribution in [2.75, 3.05) is 0 Å². The van der Waals surface area contributed by atoms with Crippen LogP contribution in [0.15, 0.2) is 0 Å². The minimum absolute atomic E-state index is 1.01. The SMILES string of the molecule is [CH2]CCCCCCCCCCCCCCCCC(CC)CCCCCCCCC[CH2]. The van der Waals surface area contributed by atoms with Gasteiger partial charge in [0.2, 0.25) is 0 Å². The van der Waals surface area contributed by atoms with Gasteiger partial charge in [0.25, 0.3) is 0 Å². The smallest absolute Gasteiger partial charge is 0.0417 e. The largest absolute Gasteiger partial charge is 0.0651 e. The molecule has 0 aliphatic carbocycles. The van der Waals surface area contributed by atoms with E-state index in [0.717, 1.165) is 18.8 Å². The first kappa shape index (κ1) is 30.0. The number of unbranched alkanes of at least 4 members (excludes halogenated alkanes) is 21. The van der Waals surface area contributed by atoms with E-state index in [-0.39, 0.29) is 0 Å². The van der Waals surface area contributed by atoms with E-state index in [1.165, 1.54) is 154 Å². The van der Waals surface area contributed by atoms with E-state index >= 15 is 0 Å². The summed E-state index contributed by atoms with van der Waals surface area (Å²) in [6.07, 6.45) is 37.1. The highest BCUT2D eigenvalue weighted by molar-refractivity contribution is 4.59. The zero-order chi connectivity index (χ0) is 22.0. The van der Waals surface area contributed by atoms with Crippen molar-refractivity contribution in [2.24, 2.45) is 5.92 Å². The van der Waals surface area contributed by atoms with Gasteiger partial charge in [-0.05, 0) is 5.92 Å². The Morgan fingerprint density at radius 2 is 0.600 bits per heavy atom. The summed E-state index contributed by atoms with van der Waals surface area (Å²) in [5.41, 5.74) is 0. The Balaban J connectivity index is 3.24. The fourth-order valence-corrected chi connectivity index (χ4v) is 4.78. The van der Waals surface area contributed by atoms with Gasteiger partial charge in [-0.3, -0.25) is 0 Å². The van der Waals surface area contributed by atoms with E-state index < -0.39 is 0 Å². The van der Waals surface area contributed by atoms with Gasteiger partial charge in [0.05, 0.1) is 0 Å². The lowest BCUT2D eigenvalue weighted by Crippen LogP contribution is -1.99. The second-order valence-corrected chi connectivity index (χ2v) is 9.98. The average molecular weight is 421 g/mol. The Labute approximate surface area is 193 Å². The van der Waals surface area contributed by atoms with Crippen LogP contribution >= 0.6 is 0 Å². The first-order valence-corrected chi connectivity index (χ1v) is 14.4. The highest BCUT2D eigenvalue weighted by Crippen LogP contribution is 2.22. The molecule has 0 bridgehead atoms. The minimum atomic E-state index is 1.01. The van der Waals surface area contributed by atoms with E-state index in [9.17, 15) is 0 Å². The van der Waals surface area contributed by atoms with Crippen molar-refractivity contribution in [3.05, 3.63) is 13.8 Å². The van der Waals surface area contributed by atoms with Crippen LogP contribution in [0.1, 0.15) is 174 Å². The molecule has 180 valence electrons. The molecule has 0 saturated carbocycles. The third-order valence-corrected chi connectivity index (χ3v) is 7.05. The summed E-state index contributed by atoms with van der Waals surface area (Å²) >= 11 is 0. The molecule has 2 radical (unpaired) electrons. The third-order valence-electron chi connectivity index (χ3n) is 7.05. The summed E-state index contributed by atoms with van der Waals surface area (Å²) in [5.74, 6) is 1.01. The Kier molecular flexibility index (Phi) is 27.0. The van der Waals surface area contributed by atoms with Crippen LogP contribution in [0.25, 0.3) is 0 Å². The van der Waals surface area contributed by atoms with Crippen molar-refractivity contribution in [3.8, 4) is 0 Å². The fraction of sp³-hybridized carbons (Fsp3) is 0.933. The maximum Gasteiger partial charge on any atom is -0.0417 e. The Hall–Kier alpha value is 0. The van der Waals surface area contributed by atoms with E-state index in [1.54, 1.807) is 0 Å². The summed E-state index contributed by atoms with van der Waals surface area (Å²) in [7, 11) is 0. The van der Waals surface area contributed by atoms with Crippen LogP contribution in [-0.4, -0.2) is 0 Å². The summed E-state index contributed by atoms with van der Waals surface area (Å²) in [6, 6.07) is 0. The van der Waals surface area contributed by atoms with Crippen LogP contribution in [0.3, 0.4) is 0 Å². The molecule has 0 heterocycles. The first-order chi connectivity index (χ1) is 14.8. The molecule has 0 aromatic carbocycles. The van der Waals surface area contributed by atoms with Crippen LogP contribution in [0.2, 0.25) is 0 Å². The predicted octanol–water partition coefficient (Wildman–Crippen LogP) is 11.4. The maximum absolute atomic E-state index is 3.93. The summed E-state index contributed by atoms with van der Waals surface area (Å²) in [6.45, 7) is 10.3.